The summed E-state index contributed by atoms with van der Waals surface area (Å²) in [7, 11) is 3.14. The van der Waals surface area contributed by atoms with E-state index in [1.807, 2.05) is 0 Å². The SMILES string of the molecule is COc1ccc(OC)c(Nc2ccc(C(=O)NCCc3ccccc3F)nn2)c1. The monoisotopic (exact) mass is 396 g/mol. The number of nitrogens with zero attached hydrogens (tertiary/aromatic N) is 2. The van der Waals surface area contributed by atoms with Crippen molar-refractivity contribution in [3.8, 4) is 11.5 Å². The van der Waals surface area contributed by atoms with Crippen LogP contribution in [0.1, 0.15) is 16.1 Å². The number of carbonyl (C=O) groups excluding carboxylic acids is 1. The Labute approximate surface area is 167 Å². The van der Waals surface area contributed by atoms with Crippen LogP contribution in [0, 0.1) is 5.82 Å². The van der Waals surface area contributed by atoms with Gasteiger partial charge in [-0.05, 0) is 42.3 Å². The highest BCUT2D eigenvalue weighted by atomic mass is 19.1. The van der Waals surface area contributed by atoms with Gasteiger partial charge >= 0.3 is 0 Å². The summed E-state index contributed by atoms with van der Waals surface area (Å²) in [5.41, 5.74) is 1.37. The van der Waals surface area contributed by atoms with Gasteiger partial charge in [-0.2, -0.15) is 0 Å². The van der Waals surface area contributed by atoms with Crippen LogP contribution in [0.4, 0.5) is 15.9 Å². The van der Waals surface area contributed by atoms with Crippen LogP contribution in [0.25, 0.3) is 0 Å². The van der Waals surface area contributed by atoms with E-state index in [9.17, 15) is 9.18 Å². The first-order valence-corrected chi connectivity index (χ1v) is 8.95. The molecule has 1 amide bonds. The number of hydrogen-bond donors (Lipinski definition) is 2. The lowest BCUT2D eigenvalue weighted by Crippen LogP contribution is -2.27. The molecule has 3 rings (SSSR count). The molecule has 1 aromatic heterocycles. The maximum atomic E-state index is 13.6. The number of methoxy groups -OCH3 is 2. The number of hydrogen-bond acceptors (Lipinski definition) is 6. The lowest BCUT2D eigenvalue weighted by Gasteiger charge is -2.12. The van der Waals surface area contributed by atoms with Crippen LogP contribution in [0.2, 0.25) is 0 Å². The van der Waals surface area contributed by atoms with Crippen LogP contribution in [-0.2, 0) is 6.42 Å². The number of rotatable bonds is 8. The molecule has 150 valence electrons. The summed E-state index contributed by atoms with van der Waals surface area (Å²) < 4.78 is 24.1. The zero-order chi connectivity index (χ0) is 20.6. The second-order valence-electron chi connectivity index (χ2n) is 6.09. The highest BCUT2D eigenvalue weighted by Gasteiger charge is 2.10. The summed E-state index contributed by atoms with van der Waals surface area (Å²) in [6, 6.07) is 15.0. The molecule has 0 spiro atoms. The van der Waals surface area contributed by atoms with Crippen molar-refractivity contribution in [1.29, 1.82) is 0 Å². The number of aromatic nitrogens is 2. The van der Waals surface area contributed by atoms with Gasteiger partial charge in [-0.1, -0.05) is 18.2 Å². The minimum atomic E-state index is -0.376. The third-order valence-corrected chi connectivity index (χ3v) is 4.20. The van der Waals surface area contributed by atoms with E-state index < -0.39 is 0 Å². The molecule has 1 heterocycles. The number of benzene rings is 2. The van der Waals surface area contributed by atoms with Crippen LogP contribution < -0.4 is 20.1 Å². The van der Waals surface area contributed by atoms with Gasteiger partial charge in [0.1, 0.15) is 17.3 Å². The summed E-state index contributed by atoms with van der Waals surface area (Å²) in [4.78, 5) is 12.2. The second kappa shape index (κ2) is 9.50. The smallest absolute Gasteiger partial charge is 0.271 e. The Hall–Kier alpha value is -3.68. The molecule has 0 aliphatic heterocycles. The van der Waals surface area contributed by atoms with E-state index in [0.29, 0.717) is 41.5 Å². The summed E-state index contributed by atoms with van der Waals surface area (Å²) in [6.45, 7) is 0.294. The molecular weight excluding hydrogens is 375 g/mol. The molecule has 0 radical (unpaired) electrons. The Morgan fingerprint density at radius 1 is 1.03 bits per heavy atom. The second-order valence-corrected chi connectivity index (χ2v) is 6.09. The average molecular weight is 396 g/mol. The van der Waals surface area contributed by atoms with E-state index in [2.05, 4.69) is 20.8 Å². The highest BCUT2D eigenvalue weighted by Crippen LogP contribution is 2.30. The Morgan fingerprint density at radius 3 is 2.55 bits per heavy atom. The number of ether oxygens (including phenoxy) is 2. The van der Waals surface area contributed by atoms with Crippen LogP contribution in [-0.4, -0.2) is 36.9 Å². The predicted molar refractivity (Wildman–Crippen MR) is 107 cm³/mol. The van der Waals surface area contributed by atoms with Gasteiger partial charge < -0.3 is 20.1 Å². The first kappa shape index (κ1) is 20.1. The van der Waals surface area contributed by atoms with Gasteiger partial charge in [0, 0.05) is 12.6 Å². The molecule has 29 heavy (non-hydrogen) atoms. The fraction of sp³-hybridized carbons (Fsp3) is 0.190. The quantitative estimate of drug-likeness (QED) is 0.607. The van der Waals surface area contributed by atoms with Gasteiger partial charge in [0.15, 0.2) is 11.5 Å². The number of halogens is 1. The van der Waals surface area contributed by atoms with Gasteiger partial charge in [-0.25, -0.2) is 4.39 Å². The maximum Gasteiger partial charge on any atom is 0.271 e. The van der Waals surface area contributed by atoms with Gasteiger partial charge in [-0.15, -0.1) is 10.2 Å². The molecule has 0 saturated carbocycles. The molecule has 0 unspecified atom stereocenters. The Balaban J connectivity index is 1.60. The maximum absolute atomic E-state index is 13.6. The van der Waals surface area contributed by atoms with Crippen molar-refractivity contribution in [2.45, 2.75) is 6.42 Å². The van der Waals surface area contributed by atoms with Gasteiger partial charge in [0.25, 0.3) is 5.91 Å². The molecule has 0 atom stereocenters. The third kappa shape index (κ3) is 5.19. The van der Waals surface area contributed by atoms with Gasteiger partial charge in [-0.3, -0.25) is 4.79 Å². The Bertz CT molecular complexity index is 980. The van der Waals surface area contributed by atoms with Crippen LogP contribution in [0.5, 0.6) is 11.5 Å². The molecule has 8 heteroatoms. The molecule has 7 nitrogen and oxygen atoms in total. The fourth-order valence-corrected chi connectivity index (χ4v) is 2.67. The number of nitrogens with one attached hydrogen (secondary N) is 2. The van der Waals surface area contributed by atoms with Crippen molar-refractivity contribution in [2.75, 3.05) is 26.1 Å². The fourth-order valence-electron chi connectivity index (χ4n) is 2.67. The Kier molecular flexibility index (Phi) is 6.57. The largest absolute Gasteiger partial charge is 0.497 e. The van der Waals surface area contributed by atoms with Crippen molar-refractivity contribution in [1.82, 2.24) is 15.5 Å². The number of amides is 1. The summed E-state index contributed by atoms with van der Waals surface area (Å²) >= 11 is 0. The number of carbonyl (C=O) groups is 1. The topological polar surface area (TPSA) is 85.4 Å². The molecule has 0 fully saturated rings. The minimum absolute atomic E-state index is 0.168. The predicted octanol–water partition coefficient (Wildman–Crippen LogP) is 3.35. The summed E-state index contributed by atoms with van der Waals surface area (Å²) in [5, 5.41) is 13.8. The van der Waals surface area contributed by atoms with E-state index in [4.69, 9.17) is 9.47 Å². The number of anilines is 2. The van der Waals surface area contributed by atoms with Crippen LogP contribution in [0.3, 0.4) is 0 Å². The molecular formula is C21H21FN4O3. The zero-order valence-corrected chi connectivity index (χ0v) is 16.1. The third-order valence-electron chi connectivity index (χ3n) is 4.20. The molecule has 0 aliphatic rings. The molecule has 3 aromatic rings. The van der Waals surface area contributed by atoms with Crippen molar-refractivity contribution >= 4 is 17.4 Å². The Morgan fingerprint density at radius 2 is 1.86 bits per heavy atom. The summed E-state index contributed by atoms with van der Waals surface area (Å²) in [6.07, 6.45) is 0.390. The van der Waals surface area contributed by atoms with E-state index >= 15 is 0 Å². The first-order chi connectivity index (χ1) is 14.1. The van der Waals surface area contributed by atoms with E-state index in [0.717, 1.165) is 0 Å². The lowest BCUT2D eigenvalue weighted by atomic mass is 10.1. The zero-order valence-electron chi connectivity index (χ0n) is 16.1. The standard InChI is InChI=1S/C21H21FN4O3/c1-28-15-7-9-19(29-2)18(13-15)24-20-10-8-17(25-26-20)21(27)23-12-11-14-5-3-4-6-16(14)22/h3-10,13H,11-12H2,1-2H3,(H,23,27)(H,24,26). The molecule has 2 N–H and O–H groups in total. The average Bonchev–Trinajstić information content (AvgIpc) is 2.75. The normalized spacial score (nSPS) is 10.3. The molecule has 0 saturated heterocycles. The van der Waals surface area contributed by atoms with E-state index in [1.165, 1.54) is 6.07 Å². The summed E-state index contributed by atoms with van der Waals surface area (Å²) in [5.74, 6) is 1.05. The van der Waals surface area contributed by atoms with Crippen LogP contribution >= 0.6 is 0 Å². The minimum Gasteiger partial charge on any atom is -0.497 e. The molecule has 2 aromatic carbocycles. The first-order valence-electron chi connectivity index (χ1n) is 8.95. The van der Waals surface area contributed by atoms with Crippen molar-refractivity contribution in [2.24, 2.45) is 0 Å². The van der Waals surface area contributed by atoms with Gasteiger partial charge in [0.05, 0.1) is 19.9 Å². The van der Waals surface area contributed by atoms with Crippen LogP contribution in [0.15, 0.2) is 54.6 Å². The molecule has 0 bridgehead atoms. The van der Waals surface area contributed by atoms with E-state index in [-0.39, 0.29) is 17.4 Å². The van der Waals surface area contributed by atoms with Crippen molar-refractivity contribution in [3.63, 3.8) is 0 Å². The van der Waals surface area contributed by atoms with Crippen molar-refractivity contribution in [3.05, 3.63) is 71.7 Å². The highest BCUT2D eigenvalue weighted by molar-refractivity contribution is 5.92. The van der Waals surface area contributed by atoms with E-state index in [1.54, 1.807) is 62.8 Å². The molecule has 0 aliphatic carbocycles. The lowest BCUT2D eigenvalue weighted by molar-refractivity contribution is 0.0948. The van der Waals surface area contributed by atoms with Crippen molar-refractivity contribution < 1.29 is 18.7 Å². The van der Waals surface area contributed by atoms with Gasteiger partial charge in [0.2, 0.25) is 0 Å².